The number of nitrogens with zero attached hydrogens (tertiary/aromatic N) is 6. The van der Waals surface area contributed by atoms with Crippen LogP contribution in [0.15, 0.2) is 36.9 Å². The second kappa shape index (κ2) is 7.30. The Labute approximate surface area is 166 Å². The Morgan fingerprint density at radius 3 is 2.97 bits per heavy atom. The van der Waals surface area contributed by atoms with Gasteiger partial charge in [-0.1, -0.05) is 0 Å². The first-order chi connectivity index (χ1) is 14.2. The van der Waals surface area contributed by atoms with Crippen LogP contribution in [0, 0.1) is 0 Å². The maximum absolute atomic E-state index is 8.83. The van der Waals surface area contributed by atoms with E-state index in [1.165, 1.54) is 6.33 Å². The van der Waals surface area contributed by atoms with Gasteiger partial charge in [0.15, 0.2) is 5.65 Å². The molecular weight excluding hydrogens is 374 g/mol. The van der Waals surface area contributed by atoms with Crippen molar-refractivity contribution in [2.24, 2.45) is 0 Å². The summed E-state index contributed by atoms with van der Waals surface area (Å²) in [7, 11) is 1.60. The Hall–Kier alpha value is -3.24. The number of aromatic nitrogens is 6. The van der Waals surface area contributed by atoms with Gasteiger partial charge in [-0.15, -0.1) is 5.10 Å². The van der Waals surface area contributed by atoms with Gasteiger partial charge in [-0.3, -0.25) is 0 Å². The number of methoxy groups -OCH3 is 1. The fraction of sp³-hybridized carbons (Fsp3) is 0.368. The zero-order chi connectivity index (χ0) is 19.8. The van der Waals surface area contributed by atoms with E-state index in [-0.39, 0.29) is 18.8 Å². The van der Waals surface area contributed by atoms with Crippen molar-refractivity contribution in [2.75, 3.05) is 25.6 Å². The van der Waals surface area contributed by atoms with E-state index >= 15 is 0 Å². The number of aliphatic hydroxyl groups is 1. The summed E-state index contributed by atoms with van der Waals surface area (Å²) < 4.78 is 14.6. The van der Waals surface area contributed by atoms with Crippen LogP contribution in [-0.2, 0) is 4.74 Å². The van der Waals surface area contributed by atoms with E-state index in [2.05, 4.69) is 25.5 Å². The molecule has 4 heterocycles. The van der Waals surface area contributed by atoms with Crippen LogP contribution in [0.25, 0.3) is 22.3 Å². The molecule has 0 bridgehead atoms. The Morgan fingerprint density at radius 2 is 2.14 bits per heavy atom. The van der Waals surface area contributed by atoms with Gasteiger partial charge in [0, 0.05) is 29.6 Å². The number of ether oxygens (including phenoxy) is 2. The fourth-order valence-corrected chi connectivity index (χ4v) is 3.63. The monoisotopic (exact) mass is 395 g/mol. The summed E-state index contributed by atoms with van der Waals surface area (Å²) in [6, 6.07) is 6.13. The van der Waals surface area contributed by atoms with E-state index in [0.29, 0.717) is 18.4 Å². The lowest BCUT2D eigenvalue weighted by Crippen LogP contribution is -2.41. The first kappa shape index (κ1) is 17.8. The Kier molecular flexibility index (Phi) is 4.49. The largest absolute Gasteiger partial charge is 0.479 e. The third-order valence-electron chi connectivity index (χ3n) is 5.13. The van der Waals surface area contributed by atoms with Gasteiger partial charge >= 0.3 is 0 Å². The molecule has 1 saturated carbocycles. The van der Waals surface area contributed by atoms with Crippen molar-refractivity contribution in [2.45, 2.75) is 25.0 Å². The molecule has 150 valence electrons. The molecule has 0 unspecified atom stereocenters. The molecule has 29 heavy (non-hydrogen) atoms. The minimum atomic E-state index is 0.0470. The molecule has 0 spiro atoms. The number of hydrogen-bond donors (Lipinski definition) is 2. The predicted octanol–water partition coefficient (Wildman–Crippen LogP) is 1.40. The first-order valence-electron chi connectivity index (χ1n) is 9.47. The van der Waals surface area contributed by atoms with Crippen LogP contribution in [0.3, 0.4) is 0 Å². The first-order valence-corrected chi connectivity index (χ1v) is 9.47. The molecule has 10 heteroatoms. The molecule has 1 aliphatic carbocycles. The van der Waals surface area contributed by atoms with Gasteiger partial charge in [-0.25, -0.2) is 14.0 Å². The van der Waals surface area contributed by atoms with Crippen LogP contribution in [0.1, 0.15) is 12.8 Å². The van der Waals surface area contributed by atoms with E-state index in [4.69, 9.17) is 14.6 Å². The van der Waals surface area contributed by atoms with Crippen LogP contribution in [-0.4, -0.2) is 66.8 Å². The van der Waals surface area contributed by atoms with Crippen LogP contribution < -0.4 is 10.1 Å². The van der Waals surface area contributed by atoms with Crippen molar-refractivity contribution in [3.8, 4) is 17.0 Å². The Morgan fingerprint density at radius 1 is 1.24 bits per heavy atom. The summed E-state index contributed by atoms with van der Waals surface area (Å²) in [5.41, 5.74) is 3.49. The van der Waals surface area contributed by atoms with Crippen molar-refractivity contribution < 1.29 is 14.6 Å². The number of hydrogen-bond acceptors (Lipinski definition) is 8. The topological polar surface area (TPSA) is 111 Å². The number of nitrogens with one attached hydrogen (secondary N) is 1. The number of anilines is 1. The smallest absolute Gasteiger partial charge is 0.244 e. The second-order valence-electron chi connectivity index (χ2n) is 6.98. The number of fused-ring (bicyclic) bond motifs is 2. The number of pyridine rings is 1. The van der Waals surface area contributed by atoms with Gasteiger partial charge < -0.3 is 19.9 Å². The van der Waals surface area contributed by atoms with Crippen LogP contribution in [0.5, 0.6) is 5.88 Å². The third kappa shape index (κ3) is 3.26. The van der Waals surface area contributed by atoms with Gasteiger partial charge in [0.1, 0.15) is 11.8 Å². The van der Waals surface area contributed by atoms with E-state index in [1.807, 2.05) is 30.6 Å². The molecule has 1 fully saturated rings. The molecule has 4 aromatic heterocycles. The summed E-state index contributed by atoms with van der Waals surface area (Å²) in [6.45, 7) is 0.422. The molecule has 1 aliphatic rings. The standard InChI is InChI=1S/C19H21N7O3/c1-28-18-17-15(12-2-3-16-20-11-21-26(16)10-12)4-5-25(17)24-19(23-18)22-13-8-14(9-13)29-7-6-27/h2-5,10-11,13-14,27H,6-9H2,1H3,(H,22,24). The van der Waals surface area contributed by atoms with Gasteiger partial charge in [0.2, 0.25) is 11.8 Å². The molecule has 10 nitrogen and oxygen atoms in total. The third-order valence-corrected chi connectivity index (χ3v) is 5.13. The highest BCUT2D eigenvalue weighted by molar-refractivity contribution is 5.84. The second-order valence-corrected chi connectivity index (χ2v) is 6.98. The molecule has 4 aromatic rings. The maximum atomic E-state index is 8.83. The number of aliphatic hydroxyl groups excluding tert-OH is 1. The van der Waals surface area contributed by atoms with E-state index in [1.54, 1.807) is 16.1 Å². The molecule has 0 saturated heterocycles. The molecular formula is C19H21N7O3. The van der Waals surface area contributed by atoms with Crippen LogP contribution in [0.2, 0.25) is 0 Å². The normalized spacial score (nSPS) is 18.8. The molecule has 0 atom stereocenters. The SMILES string of the molecule is COc1nc(NC2CC(OCCO)C2)nn2ccc(-c3ccc4ncnn4c3)c12. The lowest BCUT2D eigenvalue weighted by molar-refractivity contribution is -0.0196. The van der Waals surface area contributed by atoms with Crippen molar-refractivity contribution in [3.05, 3.63) is 36.9 Å². The van der Waals surface area contributed by atoms with E-state index in [9.17, 15) is 0 Å². The van der Waals surface area contributed by atoms with Gasteiger partial charge in [0.05, 0.1) is 26.4 Å². The average Bonchev–Trinajstić information content (AvgIpc) is 3.35. The molecule has 0 radical (unpaired) electrons. The zero-order valence-corrected chi connectivity index (χ0v) is 15.9. The van der Waals surface area contributed by atoms with E-state index < -0.39 is 0 Å². The van der Waals surface area contributed by atoms with Crippen molar-refractivity contribution in [1.29, 1.82) is 0 Å². The molecule has 0 amide bonds. The van der Waals surface area contributed by atoms with Crippen LogP contribution >= 0.6 is 0 Å². The predicted molar refractivity (Wildman–Crippen MR) is 105 cm³/mol. The summed E-state index contributed by atoms with van der Waals surface area (Å²) in [5, 5.41) is 21.0. The van der Waals surface area contributed by atoms with Crippen LogP contribution in [0.4, 0.5) is 5.95 Å². The molecule has 0 aliphatic heterocycles. The fourth-order valence-electron chi connectivity index (χ4n) is 3.63. The Bertz CT molecular complexity index is 1150. The Balaban J connectivity index is 1.42. The number of rotatable bonds is 7. The van der Waals surface area contributed by atoms with Crippen molar-refractivity contribution in [3.63, 3.8) is 0 Å². The minimum Gasteiger partial charge on any atom is -0.479 e. The quantitative estimate of drug-likeness (QED) is 0.483. The average molecular weight is 395 g/mol. The maximum Gasteiger partial charge on any atom is 0.244 e. The molecule has 5 rings (SSSR count). The molecule has 0 aromatic carbocycles. The molecule has 2 N–H and O–H groups in total. The minimum absolute atomic E-state index is 0.0470. The summed E-state index contributed by atoms with van der Waals surface area (Å²) in [4.78, 5) is 8.74. The lowest BCUT2D eigenvalue weighted by atomic mass is 9.89. The van der Waals surface area contributed by atoms with Crippen molar-refractivity contribution >= 4 is 17.1 Å². The zero-order valence-electron chi connectivity index (χ0n) is 15.9. The van der Waals surface area contributed by atoms with E-state index in [0.717, 1.165) is 35.1 Å². The summed E-state index contributed by atoms with van der Waals surface area (Å²) >= 11 is 0. The highest BCUT2D eigenvalue weighted by Crippen LogP contribution is 2.32. The highest BCUT2D eigenvalue weighted by Gasteiger charge is 2.30. The lowest BCUT2D eigenvalue weighted by Gasteiger charge is -2.35. The summed E-state index contributed by atoms with van der Waals surface area (Å²) in [6.07, 6.45) is 7.23. The van der Waals surface area contributed by atoms with Gasteiger partial charge in [0.25, 0.3) is 0 Å². The summed E-state index contributed by atoms with van der Waals surface area (Å²) in [5.74, 6) is 1.00. The van der Waals surface area contributed by atoms with Gasteiger partial charge in [-0.05, 0) is 31.0 Å². The van der Waals surface area contributed by atoms with Gasteiger partial charge in [-0.2, -0.15) is 10.1 Å². The van der Waals surface area contributed by atoms with Crippen molar-refractivity contribution in [1.82, 2.24) is 29.2 Å². The highest BCUT2D eigenvalue weighted by atomic mass is 16.5.